The van der Waals surface area contributed by atoms with Crippen molar-refractivity contribution in [2.75, 3.05) is 12.3 Å². The van der Waals surface area contributed by atoms with Crippen LogP contribution in [0.3, 0.4) is 0 Å². The Morgan fingerprint density at radius 3 is 2.74 bits per heavy atom. The first kappa shape index (κ1) is 13.7. The lowest BCUT2D eigenvalue weighted by atomic mass is 10.0. The molecule has 0 aromatic heterocycles. The minimum atomic E-state index is -0.972. The number of rotatable bonds is 2. The maximum Gasteiger partial charge on any atom is 0.326 e. The summed E-state index contributed by atoms with van der Waals surface area (Å²) >= 11 is 5.88. The van der Waals surface area contributed by atoms with E-state index in [0.717, 1.165) is 0 Å². The molecule has 1 fully saturated rings. The van der Waals surface area contributed by atoms with Gasteiger partial charge in [-0.15, -0.1) is 0 Å². The van der Waals surface area contributed by atoms with Gasteiger partial charge >= 0.3 is 5.97 Å². The van der Waals surface area contributed by atoms with Gasteiger partial charge in [0.1, 0.15) is 6.04 Å². The van der Waals surface area contributed by atoms with Crippen molar-refractivity contribution in [1.82, 2.24) is 4.90 Å². The second-order valence-electron chi connectivity index (χ2n) is 4.78. The summed E-state index contributed by atoms with van der Waals surface area (Å²) in [5.74, 6) is -1.34. The van der Waals surface area contributed by atoms with Crippen molar-refractivity contribution in [3.8, 4) is 0 Å². The molecular weight excluding hydrogens is 268 g/mol. The molecule has 19 heavy (non-hydrogen) atoms. The molecule has 6 heteroatoms. The minimum Gasteiger partial charge on any atom is -0.480 e. The van der Waals surface area contributed by atoms with E-state index in [1.807, 2.05) is 6.92 Å². The molecule has 5 nitrogen and oxygen atoms in total. The van der Waals surface area contributed by atoms with Gasteiger partial charge in [0.15, 0.2) is 0 Å². The quantitative estimate of drug-likeness (QED) is 0.811. The number of carbonyl (C=O) groups excluding carboxylic acids is 1. The van der Waals surface area contributed by atoms with Gasteiger partial charge in [-0.05, 0) is 30.5 Å². The number of nitrogen functional groups attached to an aromatic ring is 1. The fourth-order valence-corrected chi connectivity index (χ4v) is 2.56. The van der Waals surface area contributed by atoms with Gasteiger partial charge in [0.05, 0.1) is 10.7 Å². The lowest BCUT2D eigenvalue weighted by molar-refractivity contribution is -0.142. The fraction of sp³-hybridized carbons (Fsp3) is 0.385. The number of benzene rings is 1. The molecule has 2 atom stereocenters. The lowest BCUT2D eigenvalue weighted by Crippen LogP contribution is -2.42. The largest absolute Gasteiger partial charge is 0.480 e. The summed E-state index contributed by atoms with van der Waals surface area (Å²) in [6.45, 7) is 2.28. The molecule has 2 unspecified atom stereocenters. The van der Waals surface area contributed by atoms with E-state index in [4.69, 9.17) is 17.3 Å². The minimum absolute atomic E-state index is 0.0503. The third-order valence-corrected chi connectivity index (χ3v) is 3.79. The Kier molecular flexibility index (Phi) is 3.66. The zero-order valence-electron chi connectivity index (χ0n) is 10.5. The first-order valence-corrected chi connectivity index (χ1v) is 6.38. The molecule has 0 aliphatic carbocycles. The Morgan fingerprint density at radius 2 is 2.16 bits per heavy atom. The third kappa shape index (κ3) is 2.51. The van der Waals surface area contributed by atoms with Crippen molar-refractivity contribution >= 4 is 29.2 Å². The van der Waals surface area contributed by atoms with Crippen molar-refractivity contribution in [1.29, 1.82) is 0 Å². The predicted molar refractivity (Wildman–Crippen MR) is 72.1 cm³/mol. The topological polar surface area (TPSA) is 83.6 Å². The van der Waals surface area contributed by atoms with Gasteiger partial charge in [-0.2, -0.15) is 0 Å². The van der Waals surface area contributed by atoms with Crippen LogP contribution < -0.4 is 5.73 Å². The molecule has 1 heterocycles. The van der Waals surface area contributed by atoms with Crippen LogP contribution in [-0.4, -0.2) is 34.5 Å². The van der Waals surface area contributed by atoms with Crippen LogP contribution in [0.4, 0.5) is 5.69 Å². The Morgan fingerprint density at radius 1 is 1.47 bits per heavy atom. The molecule has 102 valence electrons. The van der Waals surface area contributed by atoms with Crippen LogP contribution in [0.25, 0.3) is 0 Å². The number of amides is 1. The zero-order chi connectivity index (χ0) is 14.2. The van der Waals surface area contributed by atoms with Crippen LogP contribution in [-0.2, 0) is 4.79 Å². The van der Waals surface area contributed by atoms with E-state index in [2.05, 4.69) is 0 Å². The molecule has 1 aliphatic heterocycles. The number of carboxylic acids is 1. The van der Waals surface area contributed by atoms with Gasteiger partial charge in [-0.1, -0.05) is 18.5 Å². The highest BCUT2D eigenvalue weighted by atomic mass is 35.5. The van der Waals surface area contributed by atoms with Crippen LogP contribution in [0.2, 0.25) is 5.02 Å². The Bertz CT molecular complexity index is 533. The fourth-order valence-electron chi connectivity index (χ4n) is 2.38. The van der Waals surface area contributed by atoms with E-state index < -0.39 is 12.0 Å². The molecular formula is C13H15ClN2O3. The van der Waals surface area contributed by atoms with E-state index in [9.17, 15) is 14.7 Å². The van der Waals surface area contributed by atoms with E-state index in [1.165, 1.54) is 11.0 Å². The Hall–Kier alpha value is -1.75. The van der Waals surface area contributed by atoms with Gasteiger partial charge < -0.3 is 15.7 Å². The SMILES string of the molecule is CC1CCN(C(=O)c2ccc(N)c(Cl)c2)C1C(=O)O. The van der Waals surface area contributed by atoms with Gasteiger partial charge in [0, 0.05) is 12.1 Å². The van der Waals surface area contributed by atoms with Crippen molar-refractivity contribution in [2.24, 2.45) is 5.92 Å². The average Bonchev–Trinajstić information content (AvgIpc) is 2.74. The van der Waals surface area contributed by atoms with Crippen molar-refractivity contribution in [3.05, 3.63) is 28.8 Å². The Balaban J connectivity index is 2.28. The molecule has 0 bridgehead atoms. The average molecular weight is 283 g/mol. The van der Waals surface area contributed by atoms with Gasteiger partial charge in [-0.3, -0.25) is 4.79 Å². The molecule has 2 rings (SSSR count). The van der Waals surface area contributed by atoms with Crippen molar-refractivity contribution in [2.45, 2.75) is 19.4 Å². The highest BCUT2D eigenvalue weighted by molar-refractivity contribution is 6.33. The monoisotopic (exact) mass is 282 g/mol. The van der Waals surface area contributed by atoms with E-state index in [1.54, 1.807) is 12.1 Å². The van der Waals surface area contributed by atoms with Gasteiger partial charge in [0.25, 0.3) is 5.91 Å². The van der Waals surface area contributed by atoms with Crippen LogP contribution in [0.5, 0.6) is 0 Å². The third-order valence-electron chi connectivity index (χ3n) is 3.46. The number of carboxylic acid groups (broad SMARTS) is 1. The molecule has 0 spiro atoms. The summed E-state index contributed by atoms with van der Waals surface area (Å²) < 4.78 is 0. The maximum absolute atomic E-state index is 12.3. The second-order valence-corrected chi connectivity index (χ2v) is 5.19. The Labute approximate surface area is 116 Å². The zero-order valence-corrected chi connectivity index (χ0v) is 11.2. The number of aliphatic carboxylic acids is 1. The number of hydrogen-bond donors (Lipinski definition) is 2. The smallest absolute Gasteiger partial charge is 0.326 e. The van der Waals surface area contributed by atoms with Gasteiger partial charge in [-0.25, -0.2) is 4.79 Å². The number of halogens is 1. The molecule has 0 saturated carbocycles. The highest BCUT2D eigenvalue weighted by Gasteiger charge is 2.39. The van der Waals surface area contributed by atoms with Crippen LogP contribution >= 0.6 is 11.6 Å². The highest BCUT2D eigenvalue weighted by Crippen LogP contribution is 2.27. The van der Waals surface area contributed by atoms with E-state index >= 15 is 0 Å². The first-order chi connectivity index (χ1) is 8.91. The molecule has 1 aromatic carbocycles. The summed E-state index contributed by atoms with van der Waals surface area (Å²) in [6.07, 6.45) is 0.686. The molecule has 1 aromatic rings. The first-order valence-electron chi connectivity index (χ1n) is 6.00. The van der Waals surface area contributed by atoms with Gasteiger partial charge in [0.2, 0.25) is 0 Å². The lowest BCUT2D eigenvalue weighted by Gasteiger charge is -2.23. The number of nitrogens with zero attached hydrogens (tertiary/aromatic N) is 1. The summed E-state index contributed by atoms with van der Waals surface area (Å²) in [6, 6.07) is 3.81. The summed E-state index contributed by atoms with van der Waals surface area (Å²) in [4.78, 5) is 25.0. The molecule has 0 radical (unpaired) electrons. The normalized spacial score (nSPS) is 22.5. The summed E-state index contributed by atoms with van der Waals surface area (Å²) in [7, 11) is 0. The summed E-state index contributed by atoms with van der Waals surface area (Å²) in [5.41, 5.74) is 6.34. The molecule has 1 aliphatic rings. The number of likely N-dealkylation sites (tertiary alicyclic amines) is 1. The molecule has 1 saturated heterocycles. The second kappa shape index (κ2) is 5.09. The van der Waals surface area contributed by atoms with Crippen LogP contribution in [0, 0.1) is 5.92 Å². The van der Waals surface area contributed by atoms with Crippen LogP contribution in [0.1, 0.15) is 23.7 Å². The van der Waals surface area contributed by atoms with Crippen molar-refractivity contribution in [3.63, 3.8) is 0 Å². The number of nitrogens with two attached hydrogens (primary N) is 1. The molecule has 3 N–H and O–H groups in total. The maximum atomic E-state index is 12.3. The number of anilines is 1. The van der Waals surface area contributed by atoms with E-state index in [-0.39, 0.29) is 11.8 Å². The molecule has 1 amide bonds. The standard InChI is InChI=1S/C13H15ClN2O3/c1-7-4-5-16(11(7)13(18)19)12(17)8-2-3-10(15)9(14)6-8/h2-3,6-7,11H,4-5,15H2,1H3,(H,18,19). The van der Waals surface area contributed by atoms with E-state index in [0.29, 0.717) is 29.2 Å². The van der Waals surface area contributed by atoms with Crippen LogP contribution in [0.15, 0.2) is 18.2 Å². The summed E-state index contributed by atoms with van der Waals surface area (Å²) in [5, 5.41) is 9.50. The predicted octanol–water partition coefficient (Wildman–Crippen LogP) is 1.86. The number of hydrogen-bond acceptors (Lipinski definition) is 3. The van der Waals surface area contributed by atoms with Crippen molar-refractivity contribution < 1.29 is 14.7 Å². The number of carbonyl (C=O) groups is 2.